The molecule has 6 aromatic rings. The second-order valence-electron chi connectivity index (χ2n) is 18.9. The number of aromatic nitrogens is 2. The number of hydrogen-bond acceptors (Lipinski definition) is 5. The molecule has 58 heavy (non-hydrogen) atoms. The minimum absolute atomic E-state index is 0. The fourth-order valence-electron chi connectivity index (χ4n) is 7.81. The summed E-state index contributed by atoms with van der Waals surface area (Å²) in [5, 5.41) is 15.3. The zero-order valence-corrected chi connectivity index (χ0v) is 41.7. The zero-order valence-electron chi connectivity index (χ0n) is 37.5. The summed E-state index contributed by atoms with van der Waals surface area (Å²) in [5.74, 6) is 0.286. The molecule has 0 saturated carbocycles. The molecule has 0 saturated heterocycles. The van der Waals surface area contributed by atoms with E-state index >= 15 is 0 Å². The molecule has 0 fully saturated rings. The van der Waals surface area contributed by atoms with Crippen molar-refractivity contribution in [3.8, 4) is 22.4 Å². The van der Waals surface area contributed by atoms with Crippen molar-refractivity contribution >= 4 is 61.5 Å². The Hall–Kier alpha value is -3.48. The van der Waals surface area contributed by atoms with Gasteiger partial charge >= 0.3 is 0 Å². The van der Waals surface area contributed by atoms with Crippen LogP contribution < -0.4 is 5.19 Å². The summed E-state index contributed by atoms with van der Waals surface area (Å²) >= 11 is 1.80. The van der Waals surface area contributed by atoms with E-state index in [1.54, 1.807) is 17.7 Å². The number of aliphatic hydroxyl groups excluding tert-OH is 1. The van der Waals surface area contributed by atoms with Gasteiger partial charge in [-0.2, -0.15) is 0 Å². The second-order valence-corrected chi connectivity index (χ2v) is 25.0. The molecular weight excluding hydrogens is 925 g/mol. The van der Waals surface area contributed by atoms with Crippen molar-refractivity contribution in [1.82, 2.24) is 9.97 Å². The van der Waals surface area contributed by atoms with E-state index < -0.39 is 8.07 Å². The van der Waals surface area contributed by atoms with Crippen LogP contribution in [-0.4, -0.2) is 28.9 Å². The molecule has 0 unspecified atom stereocenters. The van der Waals surface area contributed by atoms with Crippen molar-refractivity contribution in [3.05, 3.63) is 102 Å². The molecule has 1 N–H and O–H groups in total. The van der Waals surface area contributed by atoms with E-state index in [1.807, 2.05) is 41.5 Å². The van der Waals surface area contributed by atoms with Crippen LogP contribution in [0.1, 0.15) is 105 Å². The summed E-state index contributed by atoms with van der Waals surface area (Å²) in [5.41, 5.74) is 9.44. The summed E-state index contributed by atoms with van der Waals surface area (Å²) < 4.78 is 2.38. The summed E-state index contributed by atoms with van der Waals surface area (Å²) in [4.78, 5) is 21.8. The Bertz CT molecular complexity index is 2420. The monoisotopic (exact) mass is 990 g/mol. The van der Waals surface area contributed by atoms with Gasteiger partial charge in [-0.05, 0) is 85.3 Å². The third-order valence-corrected chi connectivity index (χ3v) is 15.5. The number of fused-ring (bicyclic) bond motifs is 4. The van der Waals surface area contributed by atoms with Gasteiger partial charge in [0, 0.05) is 57.5 Å². The molecule has 1 radical (unpaired) electrons. The summed E-state index contributed by atoms with van der Waals surface area (Å²) in [7, 11) is -1.59. The second kappa shape index (κ2) is 18.4. The molecule has 0 atom stereocenters. The number of nitrogens with zero attached hydrogens (tertiary/aromatic N) is 2. The van der Waals surface area contributed by atoms with Crippen molar-refractivity contribution in [2.75, 3.05) is 0 Å². The molecule has 4 aromatic carbocycles. The minimum Gasteiger partial charge on any atom is -0.512 e. The average molecular weight is 990 g/mol. The van der Waals surface area contributed by atoms with Crippen molar-refractivity contribution in [2.24, 2.45) is 16.2 Å². The fraction of sp³-hybridized carbons (Fsp3) is 0.431. The number of carbonyl (C=O) groups is 1. The number of aryl methyl sites for hydroxylation is 2. The van der Waals surface area contributed by atoms with E-state index in [1.165, 1.54) is 54.6 Å². The van der Waals surface area contributed by atoms with Crippen molar-refractivity contribution < 1.29 is 30.0 Å². The van der Waals surface area contributed by atoms with E-state index in [-0.39, 0.29) is 47.9 Å². The number of allylic oxidation sites excluding steroid dienone is 2. The Kier molecular flexibility index (Phi) is 15.0. The average Bonchev–Trinajstić information content (AvgIpc) is 3.53. The maximum atomic E-state index is 12.2. The van der Waals surface area contributed by atoms with Crippen LogP contribution in [0.3, 0.4) is 0 Å². The maximum Gasteiger partial charge on any atom is 0.164 e. The number of benzene rings is 4. The number of thiophene rings is 1. The molecule has 2 aromatic heterocycles. The molecule has 0 aliphatic heterocycles. The third kappa shape index (κ3) is 10.1. The number of aliphatic hydroxyl groups is 1. The molecule has 2 heterocycles. The maximum absolute atomic E-state index is 12.2. The van der Waals surface area contributed by atoms with Crippen molar-refractivity contribution in [3.63, 3.8) is 0 Å². The predicted molar refractivity (Wildman–Crippen MR) is 251 cm³/mol. The molecule has 0 aliphatic rings. The minimum atomic E-state index is -1.59. The van der Waals surface area contributed by atoms with Crippen molar-refractivity contribution in [2.45, 2.75) is 128 Å². The first-order chi connectivity index (χ1) is 26.7. The Balaban J connectivity index is 0.000000353. The van der Waals surface area contributed by atoms with Gasteiger partial charge in [0.2, 0.25) is 0 Å². The summed E-state index contributed by atoms with van der Waals surface area (Å²) in [6, 6.07) is 26.3. The van der Waals surface area contributed by atoms with Gasteiger partial charge in [0.1, 0.15) is 12.1 Å². The Morgan fingerprint density at radius 1 is 0.810 bits per heavy atom. The number of carbonyl (C=O) groups excluding carboxylic acids is 1. The largest absolute Gasteiger partial charge is 0.512 e. The molecule has 6 rings (SSSR count). The quantitative estimate of drug-likeness (QED) is 0.0608. The number of ketones is 1. The van der Waals surface area contributed by atoms with Crippen LogP contribution in [0.25, 0.3) is 53.5 Å². The topological polar surface area (TPSA) is 63.1 Å². The fourth-order valence-corrected chi connectivity index (χ4v) is 10.6. The van der Waals surface area contributed by atoms with Crippen LogP contribution in [0.15, 0.2) is 78.8 Å². The van der Waals surface area contributed by atoms with Gasteiger partial charge in [0.25, 0.3) is 0 Å². The van der Waals surface area contributed by atoms with E-state index in [2.05, 4.69) is 121 Å². The van der Waals surface area contributed by atoms with Crippen molar-refractivity contribution in [1.29, 1.82) is 0 Å². The normalized spacial score (nSPS) is 12.8. The molecule has 0 spiro atoms. The van der Waals surface area contributed by atoms with E-state index in [9.17, 15) is 9.90 Å². The van der Waals surface area contributed by atoms with Gasteiger partial charge in [0.05, 0.1) is 13.6 Å². The molecule has 0 bridgehead atoms. The van der Waals surface area contributed by atoms with Gasteiger partial charge in [-0.1, -0.05) is 135 Å². The van der Waals surface area contributed by atoms with Gasteiger partial charge in [-0.3, -0.25) is 9.78 Å². The van der Waals surface area contributed by atoms with Gasteiger partial charge in [0.15, 0.2) is 5.78 Å². The molecular formula is C51H65IrN2O2SSi-. The first kappa shape index (κ1) is 47.2. The molecule has 311 valence electrons. The van der Waals surface area contributed by atoms with E-state index in [4.69, 9.17) is 9.97 Å². The van der Waals surface area contributed by atoms with Crippen LogP contribution >= 0.6 is 11.3 Å². The first-order valence-corrected chi connectivity index (χ1v) is 25.2. The predicted octanol–water partition coefficient (Wildman–Crippen LogP) is 14.5. The number of rotatable bonds is 11. The molecule has 0 amide bonds. The summed E-state index contributed by atoms with van der Waals surface area (Å²) in [6.07, 6.45) is 7.55. The van der Waals surface area contributed by atoms with Crippen LogP contribution in [0.5, 0.6) is 0 Å². The van der Waals surface area contributed by atoms with Gasteiger partial charge < -0.3 is 5.11 Å². The van der Waals surface area contributed by atoms with Gasteiger partial charge in [-0.15, -0.1) is 40.1 Å². The molecule has 7 heteroatoms. The molecule has 4 nitrogen and oxygen atoms in total. The Morgan fingerprint density at radius 2 is 1.41 bits per heavy atom. The Morgan fingerprint density at radius 3 is 1.98 bits per heavy atom. The van der Waals surface area contributed by atoms with E-state index in [0.29, 0.717) is 0 Å². The summed E-state index contributed by atoms with van der Waals surface area (Å²) in [6.45, 7) is 30.7. The number of hydrogen-bond donors (Lipinski definition) is 1. The van der Waals surface area contributed by atoms with Crippen LogP contribution in [0.4, 0.5) is 0 Å². The SMILES string of the molecule is CCC(C)(CC)C(=O)/C=C(\O)C(C)(CC)CC.Cc1cc(CC(C)(C)C)cc(C)c1-c1ccc2c(c1)sc1c(-c3[c-]c4ccccc4c([Si](C)(C)C)c3)ncnc12.[Ir]. The molecule has 0 aliphatic carbocycles. The van der Waals surface area contributed by atoms with E-state index in [0.717, 1.165) is 59.0 Å². The van der Waals surface area contributed by atoms with Crippen LogP contribution in [0.2, 0.25) is 19.6 Å². The first-order valence-electron chi connectivity index (χ1n) is 20.9. The zero-order chi connectivity index (χ0) is 42.1. The van der Waals surface area contributed by atoms with Crippen LogP contribution in [0, 0.1) is 36.2 Å². The Labute approximate surface area is 367 Å². The standard InChI is InChI=1S/C36H37N2SSi.C15H28O2.Ir/c1-22-15-24(20-36(3,4)5)16-23(2)32(22)26-13-14-29-30(18-26)39-35-33(37-21-38-34(29)35)27-17-25-11-9-10-12-28(25)31(19-27)40(6,7)8;1-7-14(5,8-2)12(16)11-13(17)15(6,9-3)10-4;/h9-16,18-19,21H,20H2,1-8H3;11,16H,7-10H2,1-6H3;/q-1;;/b;12-11-;. The smallest absolute Gasteiger partial charge is 0.164 e. The third-order valence-electron chi connectivity index (χ3n) is 12.3. The van der Waals surface area contributed by atoms with Gasteiger partial charge in [-0.25, -0.2) is 4.98 Å². The van der Waals surface area contributed by atoms with Crippen LogP contribution in [-0.2, 0) is 31.3 Å².